The summed E-state index contributed by atoms with van der Waals surface area (Å²) in [4.78, 5) is 17.4. The Morgan fingerprint density at radius 1 is 1.54 bits per heavy atom. The van der Waals surface area contributed by atoms with E-state index in [2.05, 4.69) is 9.88 Å². The van der Waals surface area contributed by atoms with Gasteiger partial charge in [-0.05, 0) is 20.8 Å². The van der Waals surface area contributed by atoms with Crippen LogP contribution in [0.1, 0.15) is 20.8 Å². The summed E-state index contributed by atoms with van der Waals surface area (Å²) in [6, 6.07) is 0. The first-order valence-electron chi connectivity index (χ1n) is 3.64. The van der Waals surface area contributed by atoms with E-state index in [-0.39, 0.29) is 6.61 Å². The zero-order chi connectivity index (χ0) is 10.9. The van der Waals surface area contributed by atoms with Crippen LogP contribution >= 0.6 is 0 Å². The molecule has 0 aliphatic heterocycles. The van der Waals surface area contributed by atoms with Gasteiger partial charge in [0.05, 0.1) is 12.2 Å². The molecule has 0 spiro atoms. The molecule has 0 saturated carbocycles. The van der Waals surface area contributed by atoms with Crippen molar-refractivity contribution in [2.75, 3.05) is 13.2 Å². The Bertz CT molecular complexity index is 131. The average molecular weight is 196 g/mol. The fourth-order valence-electron chi connectivity index (χ4n) is 0.142. The fourth-order valence-corrected chi connectivity index (χ4v) is 0.142. The summed E-state index contributed by atoms with van der Waals surface area (Å²) in [7, 11) is 0. The van der Waals surface area contributed by atoms with Crippen molar-refractivity contribution in [3.05, 3.63) is 10.1 Å². The molecule has 0 unspecified atom stereocenters. The number of nitrogens with zero attached hydrogens (tertiary/aromatic N) is 1. The lowest BCUT2D eigenvalue weighted by Crippen LogP contribution is -2.21. The summed E-state index contributed by atoms with van der Waals surface area (Å²) in [5.41, 5.74) is 4.15. The SMILES string of the molecule is CC(C)(C)OO[N+](=O)[O-].NCCO. The highest BCUT2D eigenvalue weighted by Gasteiger charge is 2.12. The molecular weight excluding hydrogens is 180 g/mol. The first-order valence-corrected chi connectivity index (χ1v) is 3.64. The van der Waals surface area contributed by atoms with Crippen LogP contribution in [-0.2, 0) is 9.88 Å². The van der Waals surface area contributed by atoms with Gasteiger partial charge in [-0.15, -0.1) is 15.1 Å². The molecule has 0 aromatic heterocycles. The van der Waals surface area contributed by atoms with Crippen molar-refractivity contribution in [3.8, 4) is 0 Å². The van der Waals surface area contributed by atoms with Gasteiger partial charge >= 0.3 is 5.09 Å². The molecule has 13 heavy (non-hydrogen) atoms. The highest BCUT2D eigenvalue weighted by atomic mass is 17.3. The molecule has 0 amide bonds. The Kier molecular flexibility index (Phi) is 8.66. The van der Waals surface area contributed by atoms with Crippen LogP contribution in [0, 0.1) is 10.1 Å². The van der Waals surface area contributed by atoms with Crippen molar-refractivity contribution in [1.82, 2.24) is 0 Å². The van der Waals surface area contributed by atoms with Crippen LogP contribution in [-0.4, -0.2) is 28.9 Å². The van der Waals surface area contributed by atoms with Crippen molar-refractivity contribution in [1.29, 1.82) is 0 Å². The minimum Gasteiger partial charge on any atom is -0.395 e. The highest BCUT2D eigenvalue weighted by Crippen LogP contribution is 2.06. The topological polar surface area (TPSA) is 108 Å². The predicted octanol–water partition coefficient (Wildman–Crippen LogP) is -0.138. The number of aliphatic hydroxyl groups is 1. The Hall–Kier alpha value is -0.920. The second-order valence-corrected chi connectivity index (χ2v) is 3.01. The molecular formula is C6H16N2O5. The lowest BCUT2D eigenvalue weighted by molar-refractivity contribution is -0.858. The van der Waals surface area contributed by atoms with E-state index in [0.717, 1.165) is 0 Å². The van der Waals surface area contributed by atoms with Crippen LogP contribution in [0.4, 0.5) is 0 Å². The van der Waals surface area contributed by atoms with Crippen LogP contribution in [0.15, 0.2) is 0 Å². The maximum absolute atomic E-state index is 9.50. The van der Waals surface area contributed by atoms with Gasteiger partial charge in [0.2, 0.25) is 0 Å². The number of hydrogen-bond donors (Lipinski definition) is 2. The molecule has 0 aliphatic carbocycles. The second kappa shape index (κ2) is 7.71. The van der Waals surface area contributed by atoms with Crippen molar-refractivity contribution in [2.24, 2.45) is 5.73 Å². The maximum Gasteiger partial charge on any atom is 0.322 e. The summed E-state index contributed by atoms with van der Waals surface area (Å²) >= 11 is 0. The smallest absolute Gasteiger partial charge is 0.322 e. The largest absolute Gasteiger partial charge is 0.395 e. The summed E-state index contributed by atoms with van der Waals surface area (Å²) in [6.07, 6.45) is 0. The Morgan fingerprint density at radius 3 is 2.00 bits per heavy atom. The maximum atomic E-state index is 9.50. The lowest BCUT2D eigenvalue weighted by atomic mass is 10.2. The van der Waals surface area contributed by atoms with Gasteiger partial charge in [-0.1, -0.05) is 0 Å². The van der Waals surface area contributed by atoms with E-state index in [0.29, 0.717) is 6.54 Å². The monoisotopic (exact) mass is 196 g/mol. The summed E-state index contributed by atoms with van der Waals surface area (Å²) in [5, 5.41) is 16.3. The minimum atomic E-state index is -0.995. The van der Waals surface area contributed by atoms with Crippen molar-refractivity contribution >= 4 is 0 Å². The Morgan fingerprint density at radius 2 is 1.92 bits per heavy atom. The van der Waals surface area contributed by atoms with Gasteiger partial charge < -0.3 is 10.8 Å². The van der Waals surface area contributed by atoms with Crippen molar-refractivity contribution in [3.63, 3.8) is 0 Å². The Balaban J connectivity index is 0. The molecule has 7 heteroatoms. The molecule has 0 heterocycles. The molecule has 0 radical (unpaired) electrons. The van der Waals surface area contributed by atoms with E-state index in [1.165, 1.54) is 0 Å². The third-order valence-corrected chi connectivity index (χ3v) is 0.477. The molecule has 0 rings (SSSR count). The predicted molar refractivity (Wildman–Crippen MR) is 45.1 cm³/mol. The van der Waals surface area contributed by atoms with E-state index in [4.69, 9.17) is 10.8 Å². The van der Waals surface area contributed by atoms with Crippen molar-refractivity contribution in [2.45, 2.75) is 26.4 Å². The van der Waals surface area contributed by atoms with Crippen LogP contribution in [0.25, 0.3) is 0 Å². The van der Waals surface area contributed by atoms with E-state index < -0.39 is 10.7 Å². The van der Waals surface area contributed by atoms with Crippen molar-refractivity contribution < 1.29 is 20.1 Å². The number of hydrogen-bond acceptors (Lipinski definition) is 6. The van der Waals surface area contributed by atoms with E-state index in [1.807, 2.05) is 0 Å². The van der Waals surface area contributed by atoms with Gasteiger partial charge in [-0.3, -0.25) is 0 Å². The van der Waals surface area contributed by atoms with E-state index in [9.17, 15) is 10.1 Å². The molecule has 0 aromatic rings. The zero-order valence-electron chi connectivity index (χ0n) is 8.02. The summed E-state index contributed by atoms with van der Waals surface area (Å²) < 4.78 is 0. The van der Waals surface area contributed by atoms with Gasteiger partial charge in [0.25, 0.3) is 0 Å². The standard InChI is InChI=1S/C4H9NO4.C2H7NO/c1-4(2,3)8-9-5(6)7;3-1-2-4/h1-3H3;4H,1-3H2. The van der Waals surface area contributed by atoms with Crippen LogP contribution in [0.5, 0.6) is 0 Å². The van der Waals surface area contributed by atoms with Gasteiger partial charge in [-0.25, -0.2) is 0 Å². The molecule has 0 bridgehead atoms. The molecule has 0 atom stereocenters. The highest BCUT2D eigenvalue weighted by molar-refractivity contribution is 4.53. The molecule has 80 valence electrons. The zero-order valence-corrected chi connectivity index (χ0v) is 8.02. The number of aliphatic hydroxyl groups excluding tert-OH is 1. The molecule has 3 N–H and O–H groups in total. The third-order valence-electron chi connectivity index (χ3n) is 0.477. The first kappa shape index (κ1) is 14.6. The molecule has 0 aromatic carbocycles. The van der Waals surface area contributed by atoms with Crippen LogP contribution < -0.4 is 5.73 Å². The molecule has 0 saturated heterocycles. The minimum absolute atomic E-state index is 0.0972. The lowest BCUT2D eigenvalue weighted by Gasteiger charge is -2.14. The molecule has 7 nitrogen and oxygen atoms in total. The summed E-state index contributed by atoms with van der Waals surface area (Å²) in [5.74, 6) is 0. The molecule has 0 fully saturated rings. The fraction of sp³-hybridized carbons (Fsp3) is 1.00. The third kappa shape index (κ3) is 24.7. The van der Waals surface area contributed by atoms with Gasteiger partial charge in [0.1, 0.15) is 0 Å². The average Bonchev–Trinajstić information content (AvgIpc) is 2.00. The first-order chi connectivity index (χ1) is 5.83. The van der Waals surface area contributed by atoms with Gasteiger partial charge in [0.15, 0.2) is 0 Å². The second-order valence-electron chi connectivity index (χ2n) is 3.01. The van der Waals surface area contributed by atoms with E-state index in [1.54, 1.807) is 20.8 Å². The molecule has 0 aliphatic rings. The van der Waals surface area contributed by atoms with Crippen LogP contribution in [0.3, 0.4) is 0 Å². The quantitative estimate of drug-likeness (QED) is 0.369. The van der Waals surface area contributed by atoms with Gasteiger partial charge in [0, 0.05) is 6.54 Å². The van der Waals surface area contributed by atoms with E-state index >= 15 is 0 Å². The summed E-state index contributed by atoms with van der Waals surface area (Å²) in [6.45, 7) is 5.42. The number of nitrogens with two attached hydrogens (primary N) is 1. The normalized spacial score (nSPS) is 9.92. The number of rotatable bonds is 3. The Labute approximate surface area is 76.5 Å². The van der Waals surface area contributed by atoms with Gasteiger partial charge in [-0.2, -0.15) is 4.89 Å². The van der Waals surface area contributed by atoms with Crippen LogP contribution in [0.2, 0.25) is 0 Å².